The number of carbonyl (C=O) groups is 1. The SMILES string of the molecule is CC1(C(=O)NCC(O)c2ccc(F)cc2)CCCN1. The molecule has 1 aromatic carbocycles. The summed E-state index contributed by atoms with van der Waals surface area (Å²) >= 11 is 0. The molecule has 1 aliphatic rings. The fraction of sp³-hybridized carbons (Fsp3) is 0.500. The van der Waals surface area contributed by atoms with E-state index in [1.807, 2.05) is 6.92 Å². The van der Waals surface area contributed by atoms with Crippen molar-refractivity contribution in [2.75, 3.05) is 13.1 Å². The Labute approximate surface area is 112 Å². The lowest BCUT2D eigenvalue weighted by Crippen LogP contribution is -2.51. The van der Waals surface area contributed by atoms with Crippen LogP contribution in [0.15, 0.2) is 24.3 Å². The van der Waals surface area contributed by atoms with Crippen molar-refractivity contribution in [3.63, 3.8) is 0 Å². The molecule has 1 amide bonds. The molecule has 2 rings (SSSR count). The third-order valence-electron chi connectivity index (χ3n) is 3.58. The van der Waals surface area contributed by atoms with E-state index >= 15 is 0 Å². The highest BCUT2D eigenvalue weighted by Crippen LogP contribution is 2.19. The predicted octanol–water partition coefficient (Wildman–Crippen LogP) is 1.12. The van der Waals surface area contributed by atoms with Gasteiger partial charge in [0, 0.05) is 6.54 Å². The van der Waals surface area contributed by atoms with Gasteiger partial charge >= 0.3 is 0 Å². The van der Waals surface area contributed by atoms with Crippen LogP contribution >= 0.6 is 0 Å². The van der Waals surface area contributed by atoms with E-state index in [-0.39, 0.29) is 18.3 Å². The van der Waals surface area contributed by atoms with Crippen LogP contribution in [-0.2, 0) is 4.79 Å². The summed E-state index contributed by atoms with van der Waals surface area (Å²) in [6, 6.07) is 5.61. The number of hydrogen-bond donors (Lipinski definition) is 3. The molecular weight excluding hydrogens is 247 g/mol. The first-order valence-corrected chi connectivity index (χ1v) is 6.48. The van der Waals surface area contributed by atoms with E-state index in [1.165, 1.54) is 24.3 Å². The molecule has 1 aliphatic heterocycles. The first-order valence-electron chi connectivity index (χ1n) is 6.48. The maximum Gasteiger partial charge on any atom is 0.240 e. The van der Waals surface area contributed by atoms with E-state index < -0.39 is 11.6 Å². The second-order valence-electron chi connectivity index (χ2n) is 5.14. The summed E-state index contributed by atoms with van der Waals surface area (Å²) in [6.07, 6.45) is 0.949. The van der Waals surface area contributed by atoms with Crippen molar-refractivity contribution in [2.45, 2.75) is 31.4 Å². The first kappa shape index (κ1) is 14.0. The Bertz CT molecular complexity index is 441. The Morgan fingerprint density at radius 3 is 2.79 bits per heavy atom. The van der Waals surface area contributed by atoms with Crippen LogP contribution in [-0.4, -0.2) is 29.6 Å². The minimum atomic E-state index is -0.824. The van der Waals surface area contributed by atoms with E-state index in [4.69, 9.17) is 0 Å². The average molecular weight is 266 g/mol. The Morgan fingerprint density at radius 2 is 2.21 bits per heavy atom. The molecule has 1 fully saturated rings. The van der Waals surface area contributed by atoms with E-state index in [9.17, 15) is 14.3 Å². The zero-order chi connectivity index (χ0) is 13.9. The van der Waals surface area contributed by atoms with Gasteiger partial charge in [0.25, 0.3) is 0 Å². The summed E-state index contributed by atoms with van der Waals surface area (Å²) in [4.78, 5) is 12.0. The molecule has 1 aromatic rings. The molecule has 0 saturated carbocycles. The Balaban J connectivity index is 1.88. The molecule has 0 aliphatic carbocycles. The van der Waals surface area contributed by atoms with Crippen LogP contribution in [0.25, 0.3) is 0 Å². The summed E-state index contributed by atoms with van der Waals surface area (Å²) in [5.41, 5.74) is 0.0499. The summed E-state index contributed by atoms with van der Waals surface area (Å²) in [7, 11) is 0. The lowest BCUT2D eigenvalue weighted by atomic mass is 9.99. The van der Waals surface area contributed by atoms with Crippen molar-refractivity contribution in [1.82, 2.24) is 10.6 Å². The monoisotopic (exact) mass is 266 g/mol. The van der Waals surface area contributed by atoms with Gasteiger partial charge in [-0.2, -0.15) is 0 Å². The van der Waals surface area contributed by atoms with Crippen LogP contribution in [0.1, 0.15) is 31.4 Å². The minimum absolute atomic E-state index is 0.105. The maximum atomic E-state index is 12.8. The zero-order valence-electron chi connectivity index (χ0n) is 10.9. The van der Waals surface area contributed by atoms with Crippen molar-refractivity contribution >= 4 is 5.91 Å². The Hall–Kier alpha value is -1.46. The van der Waals surface area contributed by atoms with Crippen LogP contribution in [0.4, 0.5) is 4.39 Å². The number of aliphatic hydroxyl groups excluding tert-OH is 1. The van der Waals surface area contributed by atoms with E-state index in [2.05, 4.69) is 10.6 Å². The average Bonchev–Trinajstić information content (AvgIpc) is 2.84. The molecule has 104 valence electrons. The number of halogens is 1. The van der Waals surface area contributed by atoms with Gasteiger partial charge in [0.1, 0.15) is 5.82 Å². The first-order chi connectivity index (χ1) is 9.01. The van der Waals surface area contributed by atoms with Gasteiger partial charge in [-0.25, -0.2) is 4.39 Å². The van der Waals surface area contributed by atoms with Gasteiger partial charge in [0.2, 0.25) is 5.91 Å². The third-order valence-corrected chi connectivity index (χ3v) is 3.58. The lowest BCUT2D eigenvalue weighted by Gasteiger charge is -2.24. The predicted molar refractivity (Wildman–Crippen MR) is 70.0 cm³/mol. The molecule has 3 N–H and O–H groups in total. The maximum absolute atomic E-state index is 12.8. The van der Waals surface area contributed by atoms with Gasteiger partial charge in [0.05, 0.1) is 11.6 Å². The van der Waals surface area contributed by atoms with E-state index in [0.717, 1.165) is 19.4 Å². The van der Waals surface area contributed by atoms with Gasteiger partial charge in [-0.3, -0.25) is 4.79 Å². The Morgan fingerprint density at radius 1 is 1.53 bits per heavy atom. The van der Waals surface area contributed by atoms with Crippen LogP contribution in [0.3, 0.4) is 0 Å². The molecule has 1 heterocycles. The van der Waals surface area contributed by atoms with Gasteiger partial charge in [-0.05, 0) is 44.0 Å². The normalized spacial score (nSPS) is 24.2. The summed E-state index contributed by atoms with van der Waals surface area (Å²) in [5, 5.41) is 15.8. The van der Waals surface area contributed by atoms with Crippen LogP contribution in [0.2, 0.25) is 0 Å². The lowest BCUT2D eigenvalue weighted by molar-refractivity contribution is -0.127. The quantitative estimate of drug-likeness (QED) is 0.765. The molecule has 2 unspecified atom stereocenters. The smallest absolute Gasteiger partial charge is 0.240 e. The second kappa shape index (κ2) is 5.67. The van der Waals surface area contributed by atoms with Crippen LogP contribution in [0, 0.1) is 5.82 Å². The third kappa shape index (κ3) is 3.30. The number of benzene rings is 1. The van der Waals surface area contributed by atoms with Crippen molar-refractivity contribution in [3.8, 4) is 0 Å². The molecule has 2 atom stereocenters. The van der Waals surface area contributed by atoms with Gasteiger partial charge < -0.3 is 15.7 Å². The van der Waals surface area contributed by atoms with Gasteiger partial charge in [-0.1, -0.05) is 12.1 Å². The molecule has 19 heavy (non-hydrogen) atoms. The van der Waals surface area contributed by atoms with Crippen LogP contribution < -0.4 is 10.6 Å². The standard InChI is InChI=1S/C14H19FN2O2/c1-14(7-2-8-17-14)13(19)16-9-12(18)10-3-5-11(15)6-4-10/h3-6,12,17-18H,2,7-9H2,1H3,(H,16,19). The Kier molecular flexibility index (Phi) is 4.17. The molecule has 5 heteroatoms. The topological polar surface area (TPSA) is 61.4 Å². The number of aliphatic hydroxyl groups is 1. The van der Waals surface area contributed by atoms with E-state index in [0.29, 0.717) is 5.56 Å². The largest absolute Gasteiger partial charge is 0.387 e. The number of hydrogen-bond acceptors (Lipinski definition) is 3. The summed E-state index contributed by atoms with van der Waals surface area (Å²) < 4.78 is 12.8. The molecular formula is C14H19FN2O2. The molecule has 0 bridgehead atoms. The zero-order valence-corrected chi connectivity index (χ0v) is 10.9. The highest BCUT2D eigenvalue weighted by molar-refractivity contribution is 5.86. The van der Waals surface area contributed by atoms with Gasteiger partial charge in [0.15, 0.2) is 0 Å². The number of rotatable bonds is 4. The molecule has 0 aromatic heterocycles. The second-order valence-corrected chi connectivity index (χ2v) is 5.14. The van der Waals surface area contributed by atoms with Crippen molar-refractivity contribution in [1.29, 1.82) is 0 Å². The highest BCUT2D eigenvalue weighted by Gasteiger charge is 2.35. The molecule has 1 saturated heterocycles. The fourth-order valence-corrected chi connectivity index (χ4v) is 2.28. The van der Waals surface area contributed by atoms with Crippen molar-refractivity contribution in [2.24, 2.45) is 0 Å². The van der Waals surface area contributed by atoms with Crippen molar-refractivity contribution < 1.29 is 14.3 Å². The van der Waals surface area contributed by atoms with Crippen LogP contribution in [0.5, 0.6) is 0 Å². The van der Waals surface area contributed by atoms with Crippen molar-refractivity contribution in [3.05, 3.63) is 35.6 Å². The molecule has 4 nitrogen and oxygen atoms in total. The fourth-order valence-electron chi connectivity index (χ4n) is 2.28. The summed E-state index contributed by atoms with van der Waals surface area (Å²) in [5.74, 6) is -0.450. The number of nitrogens with one attached hydrogen (secondary N) is 2. The van der Waals surface area contributed by atoms with Gasteiger partial charge in [-0.15, -0.1) is 0 Å². The van der Waals surface area contributed by atoms with E-state index in [1.54, 1.807) is 0 Å². The molecule has 0 radical (unpaired) electrons. The number of carbonyl (C=O) groups excluding carboxylic acids is 1. The highest BCUT2D eigenvalue weighted by atomic mass is 19.1. The molecule has 0 spiro atoms. The summed E-state index contributed by atoms with van der Waals surface area (Å²) in [6.45, 7) is 2.83. The minimum Gasteiger partial charge on any atom is -0.387 e. The number of amides is 1.